The van der Waals surface area contributed by atoms with Crippen LogP contribution in [0.15, 0.2) is 0 Å². The lowest BCUT2D eigenvalue weighted by Crippen LogP contribution is -2.41. The maximum absolute atomic E-state index is 6.56. The van der Waals surface area contributed by atoms with E-state index in [4.69, 9.17) is 9.85 Å². The van der Waals surface area contributed by atoms with E-state index in [1.54, 1.807) is 0 Å². The van der Waals surface area contributed by atoms with E-state index in [1.807, 2.05) is 0 Å². The normalized spacial score (nSPS) is 14.2. The third kappa shape index (κ3) is 5.29. The van der Waals surface area contributed by atoms with Crippen molar-refractivity contribution in [3.63, 3.8) is 0 Å². The summed E-state index contributed by atoms with van der Waals surface area (Å²) in [7, 11) is -2.26. The molecule has 0 bridgehead atoms. The van der Waals surface area contributed by atoms with Crippen molar-refractivity contribution in [3.8, 4) is 0 Å². The van der Waals surface area contributed by atoms with Gasteiger partial charge in [0.25, 0.3) is 0 Å². The minimum atomic E-state index is -1.33. The standard InChI is InChI=1S/C11H29NOSi2/c1-5-14(11-9-10-12)13-15(6-2,7-3)8-4/h14H,5-12H2,1-4H3. The smallest absolute Gasteiger partial charge is 0.178 e. The maximum atomic E-state index is 6.56. The van der Waals surface area contributed by atoms with Crippen molar-refractivity contribution in [2.45, 2.75) is 64.3 Å². The summed E-state index contributed by atoms with van der Waals surface area (Å²) in [6, 6.07) is 6.40. The molecule has 0 aromatic rings. The van der Waals surface area contributed by atoms with Crippen LogP contribution in [0.1, 0.15) is 34.1 Å². The molecule has 15 heavy (non-hydrogen) atoms. The molecule has 2 N–H and O–H groups in total. The lowest BCUT2D eigenvalue weighted by atomic mass is 10.5. The van der Waals surface area contributed by atoms with Crippen molar-refractivity contribution in [3.05, 3.63) is 0 Å². The van der Waals surface area contributed by atoms with Crippen molar-refractivity contribution in [1.29, 1.82) is 0 Å². The molecular formula is C11H29NOSi2. The highest BCUT2D eigenvalue weighted by atomic mass is 28.4. The summed E-state index contributed by atoms with van der Waals surface area (Å²) in [5.74, 6) is 0. The number of hydrogen-bond acceptors (Lipinski definition) is 2. The second-order valence-electron chi connectivity index (χ2n) is 4.32. The fourth-order valence-electron chi connectivity index (χ4n) is 2.05. The van der Waals surface area contributed by atoms with E-state index < -0.39 is 17.4 Å². The molecule has 0 saturated carbocycles. The highest BCUT2D eigenvalue weighted by molar-refractivity contribution is 6.80. The minimum absolute atomic E-state index is 0.825. The van der Waals surface area contributed by atoms with Gasteiger partial charge in [0.1, 0.15) is 0 Å². The molecular weight excluding hydrogens is 218 g/mol. The first-order valence-electron chi connectivity index (χ1n) is 6.55. The van der Waals surface area contributed by atoms with Crippen LogP contribution in [0, 0.1) is 0 Å². The Kier molecular flexibility index (Phi) is 8.70. The lowest BCUT2D eigenvalue weighted by molar-refractivity contribution is 0.536. The van der Waals surface area contributed by atoms with Crippen LogP contribution in [0.3, 0.4) is 0 Å². The predicted molar refractivity (Wildman–Crippen MR) is 74.4 cm³/mol. The zero-order valence-electron chi connectivity index (χ0n) is 11.0. The van der Waals surface area contributed by atoms with Crippen LogP contribution < -0.4 is 5.73 Å². The van der Waals surface area contributed by atoms with Crippen LogP contribution in [0.4, 0.5) is 0 Å². The SMILES string of the molecule is CC[SiH](CCCN)O[Si](CC)(CC)CC. The Morgan fingerprint density at radius 2 is 1.60 bits per heavy atom. The van der Waals surface area contributed by atoms with Gasteiger partial charge in [-0.1, -0.05) is 27.7 Å². The molecule has 0 spiro atoms. The summed E-state index contributed by atoms with van der Waals surface area (Å²) in [6.45, 7) is 10.0. The molecule has 2 nitrogen and oxygen atoms in total. The van der Waals surface area contributed by atoms with E-state index in [2.05, 4.69) is 27.7 Å². The minimum Gasteiger partial charge on any atom is -0.457 e. The lowest BCUT2D eigenvalue weighted by Gasteiger charge is -2.33. The maximum Gasteiger partial charge on any atom is 0.178 e. The largest absolute Gasteiger partial charge is 0.457 e. The van der Waals surface area contributed by atoms with Gasteiger partial charge in [-0.3, -0.25) is 0 Å². The van der Waals surface area contributed by atoms with E-state index in [9.17, 15) is 0 Å². The van der Waals surface area contributed by atoms with Crippen molar-refractivity contribution < 1.29 is 4.12 Å². The van der Waals surface area contributed by atoms with Gasteiger partial charge < -0.3 is 9.85 Å². The van der Waals surface area contributed by atoms with Crippen LogP contribution in [-0.4, -0.2) is 23.9 Å². The molecule has 0 saturated heterocycles. The number of nitrogens with two attached hydrogens (primary N) is 1. The monoisotopic (exact) mass is 247 g/mol. The number of rotatable bonds is 9. The summed E-state index contributed by atoms with van der Waals surface area (Å²) < 4.78 is 6.56. The zero-order chi connectivity index (χ0) is 11.7. The third-order valence-electron chi connectivity index (χ3n) is 3.54. The molecule has 0 fully saturated rings. The molecule has 4 heteroatoms. The topological polar surface area (TPSA) is 35.2 Å². The van der Waals surface area contributed by atoms with Gasteiger partial charge in [0.2, 0.25) is 0 Å². The molecule has 1 atom stereocenters. The molecule has 0 rings (SSSR count). The van der Waals surface area contributed by atoms with Gasteiger partial charge in [-0.25, -0.2) is 0 Å². The second-order valence-corrected chi connectivity index (χ2v) is 12.4. The van der Waals surface area contributed by atoms with E-state index in [0.717, 1.165) is 13.0 Å². The van der Waals surface area contributed by atoms with Crippen molar-refractivity contribution in [2.24, 2.45) is 5.73 Å². The summed E-state index contributed by atoms with van der Waals surface area (Å²) in [5.41, 5.74) is 5.57. The Balaban J connectivity index is 4.21. The van der Waals surface area contributed by atoms with Crippen molar-refractivity contribution in [2.75, 3.05) is 6.54 Å². The van der Waals surface area contributed by atoms with Gasteiger partial charge in [0, 0.05) is 0 Å². The summed E-state index contributed by atoms with van der Waals surface area (Å²) in [6.07, 6.45) is 1.16. The predicted octanol–water partition coefficient (Wildman–Crippen LogP) is 3.10. The van der Waals surface area contributed by atoms with Crippen molar-refractivity contribution in [1.82, 2.24) is 0 Å². The van der Waals surface area contributed by atoms with Crippen LogP contribution in [0.2, 0.25) is 30.2 Å². The van der Waals surface area contributed by atoms with Gasteiger partial charge in [-0.05, 0) is 43.2 Å². The first-order chi connectivity index (χ1) is 7.17. The van der Waals surface area contributed by atoms with E-state index in [-0.39, 0.29) is 0 Å². The van der Waals surface area contributed by atoms with Crippen LogP contribution in [0.25, 0.3) is 0 Å². The molecule has 0 aliphatic rings. The van der Waals surface area contributed by atoms with E-state index in [1.165, 1.54) is 30.2 Å². The molecule has 0 radical (unpaired) electrons. The van der Waals surface area contributed by atoms with Crippen LogP contribution >= 0.6 is 0 Å². The van der Waals surface area contributed by atoms with Crippen molar-refractivity contribution >= 4 is 17.4 Å². The van der Waals surface area contributed by atoms with Crippen LogP contribution in [0.5, 0.6) is 0 Å². The van der Waals surface area contributed by atoms with E-state index in [0.29, 0.717) is 0 Å². The summed E-state index contributed by atoms with van der Waals surface area (Å²) >= 11 is 0. The fraction of sp³-hybridized carbons (Fsp3) is 1.00. The molecule has 0 aromatic carbocycles. The third-order valence-corrected chi connectivity index (χ3v) is 12.7. The molecule has 0 amide bonds. The van der Waals surface area contributed by atoms with Gasteiger partial charge in [0.05, 0.1) is 0 Å². The highest BCUT2D eigenvalue weighted by Gasteiger charge is 2.31. The Hall–Kier alpha value is 0.354. The molecule has 1 unspecified atom stereocenters. The first-order valence-corrected chi connectivity index (χ1v) is 11.2. The van der Waals surface area contributed by atoms with Gasteiger partial charge in [-0.15, -0.1) is 0 Å². The summed E-state index contributed by atoms with van der Waals surface area (Å²) in [4.78, 5) is 0. The second kappa shape index (κ2) is 8.50. The van der Waals surface area contributed by atoms with E-state index >= 15 is 0 Å². The zero-order valence-corrected chi connectivity index (χ0v) is 13.2. The average Bonchev–Trinajstić information content (AvgIpc) is 2.30. The summed E-state index contributed by atoms with van der Waals surface area (Å²) in [5, 5.41) is 0. The van der Waals surface area contributed by atoms with Gasteiger partial charge in [-0.2, -0.15) is 0 Å². The molecule has 0 aliphatic carbocycles. The first kappa shape index (κ1) is 15.4. The molecule has 92 valence electrons. The Morgan fingerprint density at radius 1 is 1.07 bits per heavy atom. The van der Waals surface area contributed by atoms with Crippen LogP contribution in [-0.2, 0) is 4.12 Å². The Labute approximate surface area is 98.4 Å². The Bertz CT molecular complexity index is 143. The van der Waals surface area contributed by atoms with Gasteiger partial charge in [0.15, 0.2) is 17.4 Å². The molecule has 0 heterocycles. The fourth-order valence-corrected chi connectivity index (χ4v) is 10.6. The highest BCUT2D eigenvalue weighted by Crippen LogP contribution is 2.24. The average molecular weight is 248 g/mol. The van der Waals surface area contributed by atoms with Gasteiger partial charge >= 0.3 is 0 Å². The molecule has 0 aliphatic heterocycles. The number of hydrogen-bond donors (Lipinski definition) is 1. The Morgan fingerprint density at radius 3 is 1.93 bits per heavy atom. The molecule has 0 aromatic heterocycles. The quantitative estimate of drug-likeness (QED) is 0.636.